The fourth-order valence-electron chi connectivity index (χ4n) is 1.95. The second-order valence-corrected chi connectivity index (χ2v) is 4.13. The van der Waals surface area contributed by atoms with Crippen molar-refractivity contribution in [3.8, 4) is 0 Å². The average molecular weight is 234 g/mol. The Hall–Kier alpha value is -1.98. The number of aldehydes is 1. The van der Waals surface area contributed by atoms with Crippen molar-refractivity contribution in [3.05, 3.63) is 17.8 Å². The Kier molecular flexibility index (Phi) is 3.32. The summed E-state index contributed by atoms with van der Waals surface area (Å²) in [5.41, 5.74) is 5.24. The quantitative estimate of drug-likeness (QED) is 0.743. The van der Waals surface area contributed by atoms with Crippen LogP contribution in [0.25, 0.3) is 0 Å². The first-order chi connectivity index (χ1) is 8.20. The average Bonchev–Trinajstić information content (AvgIpc) is 2.39. The van der Waals surface area contributed by atoms with Gasteiger partial charge in [-0.2, -0.15) is 0 Å². The van der Waals surface area contributed by atoms with E-state index in [1.165, 1.54) is 0 Å². The minimum Gasteiger partial charge on any atom is -0.364 e. The molecule has 0 aromatic carbocycles. The maximum absolute atomic E-state index is 10.8. The van der Waals surface area contributed by atoms with Crippen LogP contribution in [-0.4, -0.2) is 35.5 Å². The summed E-state index contributed by atoms with van der Waals surface area (Å²) in [5.74, 6) is 0.149. The van der Waals surface area contributed by atoms with Crippen molar-refractivity contribution in [2.24, 2.45) is 11.7 Å². The number of amides is 1. The summed E-state index contributed by atoms with van der Waals surface area (Å²) >= 11 is 0. The highest BCUT2D eigenvalue weighted by Crippen LogP contribution is 2.19. The molecule has 17 heavy (non-hydrogen) atoms. The molecule has 90 valence electrons. The van der Waals surface area contributed by atoms with Gasteiger partial charge in [-0.15, -0.1) is 10.2 Å². The number of carbonyl (C=O) groups is 2. The molecule has 1 fully saturated rings. The number of nitrogens with zero attached hydrogens (tertiary/aromatic N) is 3. The fourth-order valence-corrected chi connectivity index (χ4v) is 1.95. The molecular weight excluding hydrogens is 220 g/mol. The first-order valence-corrected chi connectivity index (χ1v) is 5.54. The van der Waals surface area contributed by atoms with Crippen LogP contribution < -0.4 is 10.6 Å². The minimum atomic E-state index is -0.589. The molecule has 0 radical (unpaired) electrons. The second-order valence-electron chi connectivity index (χ2n) is 4.13. The van der Waals surface area contributed by atoms with Crippen LogP contribution in [0.5, 0.6) is 0 Å². The molecule has 1 aromatic heterocycles. The van der Waals surface area contributed by atoms with Crippen molar-refractivity contribution in [1.29, 1.82) is 0 Å². The van der Waals surface area contributed by atoms with Gasteiger partial charge in [-0.1, -0.05) is 0 Å². The van der Waals surface area contributed by atoms with Gasteiger partial charge in [0.05, 0.1) is 0 Å². The molecule has 0 aliphatic carbocycles. The van der Waals surface area contributed by atoms with E-state index in [0.29, 0.717) is 12.4 Å². The van der Waals surface area contributed by atoms with Gasteiger partial charge in [0.15, 0.2) is 11.5 Å². The SMILES string of the molecule is NC(=O)c1ccc(N2CCCC(C=O)C2)nn1. The van der Waals surface area contributed by atoms with Crippen LogP contribution in [0, 0.1) is 5.92 Å². The Morgan fingerprint density at radius 2 is 2.29 bits per heavy atom. The van der Waals surface area contributed by atoms with Crippen LogP contribution in [0.1, 0.15) is 23.3 Å². The molecule has 1 aliphatic heterocycles. The number of piperidine rings is 1. The Balaban J connectivity index is 2.11. The van der Waals surface area contributed by atoms with E-state index in [1.807, 2.05) is 4.90 Å². The predicted octanol–water partition coefficient (Wildman–Crippen LogP) is -0.00920. The third-order valence-corrected chi connectivity index (χ3v) is 2.88. The van der Waals surface area contributed by atoms with Crippen LogP contribution in [0.15, 0.2) is 12.1 Å². The molecule has 1 aliphatic rings. The van der Waals surface area contributed by atoms with Gasteiger partial charge < -0.3 is 15.4 Å². The van der Waals surface area contributed by atoms with E-state index >= 15 is 0 Å². The van der Waals surface area contributed by atoms with Crippen molar-refractivity contribution in [2.75, 3.05) is 18.0 Å². The number of anilines is 1. The first-order valence-electron chi connectivity index (χ1n) is 5.54. The van der Waals surface area contributed by atoms with Gasteiger partial charge in [0.2, 0.25) is 0 Å². The molecule has 2 N–H and O–H groups in total. The third-order valence-electron chi connectivity index (χ3n) is 2.88. The molecule has 1 atom stereocenters. The summed E-state index contributed by atoms with van der Waals surface area (Å²) < 4.78 is 0. The highest BCUT2D eigenvalue weighted by atomic mass is 16.1. The molecule has 6 heteroatoms. The molecule has 6 nitrogen and oxygen atoms in total. The molecular formula is C11H14N4O2. The first kappa shape index (κ1) is 11.5. The Morgan fingerprint density at radius 3 is 2.88 bits per heavy atom. The molecule has 0 bridgehead atoms. The summed E-state index contributed by atoms with van der Waals surface area (Å²) in [5, 5.41) is 7.70. The topological polar surface area (TPSA) is 89.2 Å². The summed E-state index contributed by atoms with van der Waals surface area (Å²) in [4.78, 5) is 23.6. The number of hydrogen-bond donors (Lipinski definition) is 1. The van der Waals surface area contributed by atoms with Crippen molar-refractivity contribution in [2.45, 2.75) is 12.8 Å². The summed E-state index contributed by atoms with van der Waals surface area (Å²) in [6.45, 7) is 1.52. The van der Waals surface area contributed by atoms with Crippen LogP contribution in [-0.2, 0) is 4.79 Å². The van der Waals surface area contributed by atoms with E-state index in [-0.39, 0.29) is 11.6 Å². The molecule has 2 heterocycles. The molecule has 0 spiro atoms. The lowest BCUT2D eigenvalue weighted by Gasteiger charge is -2.30. The zero-order chi connectivity index (χ0) is 12.3. The maximum Gasteiger partial charge on any atom is 0.269 e. The van der Waals surface area contributed by atoms with Gasteiger partial charge in [-0.25, -0.2) is 0 Å². The smallest absolute Gasteiger partial charge is 0.269 e. The number of primary amides is 1. The second kappa shape index (κ2) is 4.90. The number of nitrogens with two attached hydrogens (primary N) is 1. The van der Waals surface area contributed by atoms with Crippen molar-refractivity contribution in [1.82, 2.24) is 10.2 Å². The molecule has 0 saturated carbocycles. The van der Waals surface area contributed by atoms with Crippen LogP contribution >= 0.6 is 0 Å². The molecule has 1 saturated heterocycles. The van der Waals surface area contributed by atoms with E-state index in [2.05, 4.69) is 10.2 Å². The van der Waals surface area contributed by atoms with Crippen LogP contribution in [0.2, 0.25) is 0 Å². The summed E-state index contributed by atoms with van der Waals surface area (Å²) in [6.07, 6.45) is 2.87. The minimum absolute atomic E-state index is 0.0568. The number of hydrogen-bond acceptors (Lipinski definition) is 5. The van der Waals surface area contributed by atoms with Crippen molar-refractivity contribution < 1.29 is 9.59 Å². The highest BCUT2D eigenvalue weighted by molar-refractivity contribution is 5.90. The lowest BCUT2D eigenvalue weighted by Crippen LogP contribution is -2.36. The fraction of sp³-hybridized carbons (Fsp3) is 0.455. The van der Waals surface area contributed by atoms with Gasteiger partial charge in [-0.05, 0) is 25.0 Å². The monoisotopic (exact) mass is 234 g/mol. The van der Waals surface area contributed by atoms with E-state index in [1.54, 1.807) is 12.1 Å². The Bertz CT molecular complexity index is 418. The van der Waals surface area contributed by atoms with Gasteiger partial charge in [-0.3, -0.25) is 4.79 Å². The lowest BCUT2D eigenvalue weighted by molar-refractivity contribution is -0.111. The van der Waals surface area contributed by atoms with Crippen molar-refractivity contribution >= 4 is 18.0 Å². The third kappa shape index (κ3) is 2.58. The maximum atomic E-state index is 10.8. The van der Waals surface area contributed by atoms with Crippen LogP contribution in [0.3, 0.4) is 0 Å². The number of rotatable bonds is 3. The number of carbonyl (C=O) groups excluding carboxylic acids is 2. The largest absolute Gasteiger partial charge is 0.364 e. The Labute approximate surface area is 98.8 Å². The Morgan fingerprint density at radius 1 is 1.47 bits per heavy atom. The van der Waals surface area contributed by atoms with Crippen molar-refractivity contribution in [3.63, 3.8) is 0 Å². The normalized spacial score (nSPS) is 20.0. The highest BCUT2D eigenvalue weighted by Gasteiger charge is 2.20. The molecule has 1 unspecified atom stereocenters. The molecule has 1 amide bonds. The van der Waals surface area contributed by atoms with E-state index in [4.69, 9.17) is 5.73 Å². The predicted molar refractivity (Wildman–Crippen MR) is 61.6 cm³/mol. The zero-order valence-corrected chi connectivity index (χ0v) is 9.37. The van der Waals surface area contributed by atoms with Gasteiger partial charge in [0.1, 0.15) is 6.29 Å². The number of aromatic nitrogens is 2. The molecule has 1 aromatic rings. The van der Waals surface area contributed by atoms with E-state index in [9.17, 15) is 9.59 Å². The van der Waals surface area contributed by atoms with E-state index < -0.39 is 5.91 Å². The molecule has 2 rings (SSSR count). The van der Waals surface area contributed by atoms with Gasteiger partial charge in [0.25, 0.3) is 5.91 Å². The van der Waals surface area contributed by atoms with Gasteiger partial charge >= 0.3 is 0 Å². The van der Waals surface area contributed by atoms with Crippen LogP contribution in [0.4, 0.5) is 5.82 Å². The summed E-state index contributed by atoms with van der Waals surface area (Å²) in [7, 11) is 0. The zero-order valence-electron chi connectivity index (χ0n) is 9.37. The summed E-state index contributed by atoms with van der Waals surface area (Å²) in [6, 6.07) is 3.26. The standard InChI is InChI=1S/C11H14N4O2/c12-11(17)9-3-4-10(14-13-9)15-5-1-2-8(6-15)7-16/h3-4,7-8H,1-2,5-6H2,(H2,12,17). The lowest BCUT2D eigenvalue weighted by atomic mass is 10.00. The van der Waals surface area contributed by atoms with E-state index in [0.717, 1.165) is 25.7 Å². The van der Waals surface area contributed by atoms with Gasteiger partial charge in [0, 0.05) is 19.0 Å².